The molecule has 0 aromatic carbocycles. The highest BCUT2D eigenvalue weighted by atomic mass is 31.2. The van der Waals surface area contributed by atoms with Crippen molar-refractivity contribution in [3.05, 3.63) is 12.2 Å². The van der Waals surface area contributed by atoms with Gasteiger partial charge < -0.3 is 19.0 Å². The Morgan fingerprint density at radius 3 is 1.83 bits per heavy atom. The number of phosphoric ester groups is 1. The van der Waals surface area contributed by atoms with E-state index >= 15 is 0 Å². The van der Waals surface area contributed by atoms with Crippen LogP contribution in [0, 0.1) is 0 Å². The van der Waals surface area contributed by atoms with Crippen LogP contribution in [-0.2, 0) is 18.6 Å². The van der Waals surface area contributed by atoms with Crippen LogP contribution in [0.1, 0.15) is 85.5 Å². The number of carbonyl (C=O) groups is 1. The minimum absolute atomic E-state index is 0.189. The van der Waals surface area contributed by atoms with Gasteiger partial charge in [-0.2, -0.15) is 0 Å². The number of nitrogens with zero attached hydrogens (tertiary/aromatic N) is 1. The zero-order valence-corrected chi connectivity index (χ0v) is 20.5. The molecule has 0 amide bonds. The summed E-state index contributed by atoms with van der Waals surface area (Å²) in [5.74, 6) is -0.447. The van der Waals surface area contributed by atoms with Gasteiger partial charge in [0.25, 0.3) is 0 Å². The summed E-state index contributed by atoms with van der Waals surface area (Å²) in [7, 11) is -4.58. The molecule has 8 heteroatoms. The number of hydrogen-bond acceptors (Lipinski definition) is 4. The molecule has 0 fully saturated rings. The Morgan fingerprint density at radius 1 is 0.933 bits per heavy atom. The highest BCUT2D eigenvalue weighted by Gasteiger charge is 2.29. The first-order valence-electron chi connectivity index (χ1n) is 11.5. The minimum Gasteiger partial charge on any atom is -0.462 e. The van der Waals surface area contributed by atoms with E-state index in [0.29, 0.717) is 24.8 Å². The third kappa shape index (κ3) is 14.3. The summed E-state index contributed by atoms with van der Waals surface area (Å²) >= 11 is 0. The van der Waals surface area contributed by atoms with Gasteiger partial charge in [-0.15, -0.1) is 0 Å². The van der Waals surface area contributed by atoms with Crippen molar-refractivity contribution in [1.82, 2.24) is 0 Å². The maximum Gasteiger partial charge on any atom is 0.469 e. The molecule has 0 heterocycles. The van der Waals surface area contributed by atoms with Crippen LogP contribution in [0.5, 0.6) is 0 Å². The van der Waals surface area contributed by atoms with Gasteiger partial charge in [0.05, 0.1) is 38.9 Å². The first-order valence-corrected chi connectivity index (χ1v) is 13.0. The lowest BCUT2D eigenvalue weighted by atomic mass is 10.1. The summed E-state index contributed by atoms with van der Waals surface area (Å²) in [5, 5.41) is 0. The molecule has 0 aromatic heterocycles. The standard InChI is InChI=1S/C22H44NO6P/c1-6-9-15-23(16-10-7-2,17-11-8-3)18-14-21(29-30(25,26)27)13-12-19-28-22(24)20(4)5/h21H,4,6-19H2,1-3,5H3,(H-,25,26,27)/p+1. The molecule has 0 aliphatic rings. The number of hydrogen-bond donors (Lipinski definition) is 2. The van der Waals surface area contributed by atoms with Gasteiger partial charge in [0.15, 0.2) is 0 Å². The van der Waals surface area contributed by atoms with Gasteiger partial charge in [0.1, 0.15) is 0 Å². The van der Waals surface area contributed by atoms with E-state index in [2.05, 4.69) is 27.4 Å². The molecular formula is C22H45NO6P+. The van der Waals surface area contributed by atoms with Gasteiger partial charge in [-0.05, 0) is 39.0 Å². The van der Waals surface area contributed by atoms with Gasteiger partial charge in [-0.3, -0.25) is 4.52 Å². The van der Waals surface area contributed by atoms with Gasteiger partial charge in [0, 0.05) is 12.0 Å². The first-order chi connectivity index (χ1) is 14.1. The third-order valence-corrected chi connectivity index (χ3v) is 5.99. The Hall–Kier alpha value is -0.720. The van der Waals surface area contributed by atoms with E-state index in [-0.39, 0.29) is 6.61 Å². The van der Waals surface area contributed by atoms with Crippen molar-refractivity contribution in [2.24, 2.45) is 0 Å². The molecule has 0 saturated heterocycles. The molecule has 7 nitrogen and oxygen atoms in total. The number of esters is 1. The second-order valence-corrected chi connectivity index (χ2v) is 9.55. The topological polar surface area (TPSA) is 93.1 Å². The molecule has 0 aromatic rings. The van der Waals surface area contributed by atoms with Crippen molar-refractivity contribution in [2.45, 2.75) is 91.6 Å². The second kappa shape index (κ2) is 16.0. The molecular weight excluding hydrogens is 405 g/mol. The Morgan fingerprint density at radius 2 is 1.43 bits per heavy atom. The van der Waals surface area contributed by atoms with Crippen LogP contribution in [0.2, 0.25) is 0 Å². The monoisotopic (exact) mass is 450 g/mol. The lowest BCUT2D eigenvalue weighted by Gasteiger charge is -2.40. The van der Waals surface area contributed by atoms with Crippen molar-refractivity contribution in [1.29, 1.82) is 0 Å². The van der Waals surface area contributed by atoms with Crippen molar-refractivity contribution in [3.63, 3.8) is 0 Å². The third-order valence-electron chi connectivity index (χ3n) is 5.42. The van der Waals surface area contributed by atoms with E-state index < -0.39 is 19.9 Å². The fourth-order valence-electron chi connectivity index (χ4n) is 3.61. The fraction of sp³-hybridized carbons (Fsp3) is 0.864. The molecule has 0 spiro atoms. The number of carbonyl (C=O) groups excluding carboxylic acids is 1. The Labute approximate surface area is 183 Å². The molecule has 2 N–H and O–H groups in total. The molecule has 0 rings (SSSR count). The molecule has 178 valence electrons. The van der Waals surface area contributed by atoms with Crippen LogP contribution in [0.15, 0.2) is 12.2 Å². The van der Waals surface area contributed by atoms with Gasteiger partial charge >= 0.3 is 13.8 Å². The Balaban J connectivity index is 5.06. The van der Waals surface area contributed by atoms with E-state index in [1.807, 2.05) is 0 Å². The van der Waals surface area contributed by atoms with Gasteiger partial charge in [0.2, 0.25) is 0 Å². The molecule has 0 radical (unpaired) electrons. The summed E-state index contributed by atoms with van der Waals surface area (Å²) in [6.45, 7) is 16.0. The summed E-state index contributed by atoms with van der Waals surface area (Å²) in [4.78, 5) is 30.2. The summed E-state index contributed by atoms with van der Waals surface area (Å²) in [5.41, 5.74) is 0.336. The summed E-state index contributed by atoms with van der Waals surface area (Å²) < 4.78 is 22.7. The minimum atomic E-state index is -4.58. The molecule has 30 heavy (non-hydrogen) atoms. The average Bonchev–Trinajstić information content (AvgIpc) is 2.68. The molecule has 1 atom stereocenters. The largest absolute Gasteiger partial charge is 0.469 e. The number of unbranched alkanes of at least 4 members (excludes halogenated alkanes) is 3. The number of ether oxygens (including phenoxy) is 1. The Kier molecular flexibility index (Phi) is 15.6. The molecule has 0 aliphatic carbocycles. The van der Waals surface area contributed by atoms with Gasteiger partial charge in [-0.1, -0.05) is 46.6 Å². The van der Waals surface area contributed by atoms with Crippen LogP contribution in [-0.4, -0.2) is 59.1 Å². The maximum absolute atomic E-state index is 11.5. The molecule has 0 bridgehead atoms. The van der Waals surface area contributed by atoms with Crippen LogP contribution in [0.25, 0.3) is 0 Å². The van der Waals surface area contributed by atoms with Crippen LogP contribution >= 0.6 is 7.82 Å². The fourth-order valence-corrected chi connectivity index (χ4v) is 4.21. The van der Waals surface area contributed by atoms with Crippen molar-refractivity contribution >= 4 is 13.8 Å². The van der Waals surface area contributed by atoms with E-state index in [1.165, 1.54) is 0 Å². The highest BCUT2D eigenvalue weighted by Crippen LogP contribution is 2.39. The zero-order valence-electron chi connectivity index (χ0n) is 19.6. The predicted molar refractivity (Wildman–Crippen MR) is 121 cm³/mol. The molecule has 0 aliphatic heterocycles. The smallest absolute Gasteiger partial charge is 0.462 e. The lowest BCUT2D eigenvalue weighted by Crippen LogP contribution is -2.51. The van der Waals surface area contributed by atoms with Crippen molar-refractivity contribution in [3.8, 4) is 0 Å². The summed E-state index contributed by atoms with van der Waals surface area (Å²) in [6.07, 6.45) is 7.79. The predicted octanol–water partition coefficient (Wildman–Crippen LogP) is 4.97. The summed E-state index contributed by atoms with van der Waals surface area (Å²) in [6, 6.07) is 0. The Bertz CT molecular complexity index is 512. The van der Waals surface area contributed by atoms with Crippen LogP contribution in [0.3, 0.4) is 0 Å². The maximum atomic E-state index is 11.5. The molecule has 0 saturated carbocycles. The first kappa shape index (κ1) is 29.3. The van der Waals surface area contributed by atoms with Gasteiger partial charge in [-0.25, -0.2) is 9.36 Å². The second-order valence-electron chi connectivity index (χ2n) is 8.36. The quantitative estimate of drug-likeness (QED) is 0.0949. The number of phosphoric acid groups is 1. The lowest BCUT2D eigenvalue weighted by molar-refractivity contribution is -0.929. The SMILES string of the molecule is C=C(C)C(=O)OCCCC(CC[N+](CCCC)(CCCC)CCCC)OP(=O)(O)O. The normalized spacial score (nSPS) is 13.3. The average molecular weight is 451 g/mol. The van der Waals surface area contributed by atoms with E-state index in [0.717, 1.165) is 69.2 Å². The van der Waals surface area contributed by atoms with E-state index in [4.69, 9.17) is 9.26 Å². The zero-order chi connectivity index (χ0) is 23.0. The van der Waals surface area contributed by atoms with E-state index in [1.54, 1.807) is 6.92 Å². The van der Waals surface area contributed by atoms with E-state index in [9.17, 15) is 19.1 Å². The molecule has 1 unspecified atom stereocenters. The van der Waals surface area contributed by atoms with Crippen LogP contribution < -0.4 is 0 Å². The van der Waals surface area contributed by atoms with Crippen molar-refractivity contribution < 1.29 is 32.9 Å². The number of quaternary nitrogens is 1. The van der Waals surface area contributed by atoms with Crippen molar-refractivity contribution in [2.75, 3.05) is 32.8 Å². The number of rotatable bonds is 19. The highest BCUT2D eigenvalue weighted by molar-refractivity contribution is 7.46. The van der Waals surface area contributed by atoms with Crippen LogP contribution in [0.4, 0.5) is 0 Å².